The fourth-order valence-corrected chi connectivity index (χ4v) is 5.08. The molecule has 3 aromatic carbocycles. The standard InChI is InChI=1S/C35H39N3O8/c1-35(20-11-21-38(35)30(39)22-36-34(43)46-25-28-16-9-4-10-17-28)33(42)37-29(32(41)45-24-27-14-7-3-8-15-27)18-19-31(40)44-23-26-12-5-2-6-13-26/h2-10,12-17,29H,11,18-25H2,1H3,(H,36,43)(H,37,42)/t29-,35+/m1/s1/i18+1,19+1,29+1,31+1,32+1,37+1. The number of ether oxygens (including phenoxy) is 3. The van der Waals surface area contributed by atoms with Crippen LogP contribution >= 0.6 is 0 Å². The van der Waals surface area contributed by atoms with Gasteiger partial charge in [-0.05, 0) is 42.9 Å². The van der Waals surface area contributed by atoms with E-state index in [-0.39, 0.29) is 39.2 Å². The zero-order valence-corrected chi connectivity index (χ0v) is 25.8. The summed E-state index contributed by atoms with van der Waals surface area (Å²) in [6.07, 6.45) is -0.0852. The van der Waals surface area contributed by atoms with Gasteiger partial charge in [-0.15, -0.1) is 0 Å². The van der Waals surface area contributed by atoms with Gasteiger partial charge >= 0.3 is 18.0 Å². The maximum atomic E-state index is 13.7. The van der Waals surface area contributed by atoms with Crippen LogP contribution < -0.4 is 10.6 Å². The molecular formula is C35H39N3O8. The number of carbonyl (C=O) groups is 5. The van der Waals surface area contributed by atoms with E-state index in [2.05, 4.69) is 10.6 Å². The zero-order chi connectivity index (χ0) is 32.8. The largest absolute Gasteiger partial charge is 0.461 e. The fourth-order valence-electron chi connectivity index (χ4n) is 5.08. The van der Waals surface area contributed by atoms with Gasteiger partial charge in [-0.1, -0.05) is 91.0 Å². The molecule has 0 aromatic heterocycles. The van der Waals surface area contributed by atoms with Crippen molar-refractivity contribution in [3.05, 3.63) is 108 Å². The third-order valence-electron chi connectivity index (χ3n) is 7.72. The molecule has 0 saturated carbocycles. The number of likely N-dealkylation sites (tertiary alicyclic amines) is 1. The van der Waals surface area contributed by atoms with Gasteiger partial charge in [0.15, 0.2) is 0 Å². The van der Waals surface area contributed by atoms with Crippen LogP contribution in [0.15, 0.2) is 91.0 Å². The van der Waals surface area contributed by atoms with Crippen LogP contribution in [0.4, 0.5) is 4.79 Å². The summed E-state index contributed by atoms with van der Waals surface area (Å²) >= 11 is 0. The molecule has 0 aliphatic carbocycles. The van der Waals surface area contributed by atoms with E-state index in [9.17, 15) is 24.0 Å². The first-order valence-electron chi connectivity index (χ1n) is 15.2. The maximum Gasteiger partial charge on any atom is 0.407 e. The molecule has 0 unspecified atom stereocenters. The Hall–Kier alpha value is -5.19. The Morgan fingerprint density at radius 1 is 0.761 bits per heavy atom. The Balaban J connectivity index is 1.34. The Kier molecular flexibility index (Phi) is 12.3. The SMILES string of the molecule is C[C@@]1(C(=O)[15NH][13C@H]([13CH2][13CH2][13C](=O)OCc2ccccc2)[13C](=O)OCc2ccccc2)CCCN1C(=O)CNC(=O)OCc1ccccc1. The number of alkyl carbamates (subject to hydrolysis) is 1. The molecule has 3 amide bonds. The summed E-state index contributed by atoms with van der Waals surface area (Å²) in [5.41, 5.74) is 1.09. The normalized spacial score (nSPS) is 16.2. The molecule has 46 heavy (non-hydrogen) atoms. The van der Waals surface area contributed by atoms with Crippen molar-refractivity contribution in [2.24, 2.45) is 0 Å². The number of esters is 2. The van der Waals surface area contributed by atoms with Gasteiger partial charge in [0.2, 0.25) is 11.8 Å². The van der Waals surface area contributed by atoms with Crippen molar-refractivity contribution >= 4 is 29.8 Å². The lowest BCUT2D eigenvalue weighted by atomic mass is 9.98. The van der Waals surface area contributed by atoms with Crippen molar-refractivity contribution in [2.45, 2.75) is 64.0 Å². The first kappa shape index (κ1) is 33.7. The van der Waals surface area contributed by atoms with Crippen molar-refractivity contribution in [1.82, 2.24) is 15.5 Å². The second-order valence-electron chi connectivity index (χ2n) is 11.1. The van der Waals surface area contributed by atoms with Gasteiger partial charge in [0.25, 0.3) is 0 Å². The summed E-state index contributed by atoms with van der Waals surface area (Å²) in [6.45, 7) is 1.65. The third kappa shape index (κ3) is 9.91. The van der Waals surface area contributed by atoms with Crippen molar-refractivity contribution in [3.8, 4) is 0 Å². The molecule has 3 aromatic rings. The summed E-state index contributed by atoms with van der Waals surface area (Å²) < 4.78 is 16.0. The number of hydrogen-bond acceptors (Lipinski definition) is 8. The van der Waals surface area contributed by atoms with Crippen LogP contribution in [-0.2, 0) is 53.2 Å². The van der Waals surface area contributed by atoms with E-state index in [1.54, 1.807) is 19.1 Å². The van der Waals surface area contributed by atoms with Gasteiger partial charge in [-0.25, -0.2) is 9.59 Å². The maximum absolute atomic E-state index is 13.7. The van der Waals surface area contributed by atoms with Crippen LogP contribution in [0, 0.1) is 0 Å². The molecule has 1 aliphatic rings. The summed E-state index contributed by atoms with van der Waals surface area (Å²) in [6, 6.07) is 26.2. The molecule has 11 heteroatoms. The van der Waals surface area contributed by atoms with Crippen molar-refractivity contribution in [3.63, 3.8) is 0 Å². The minimum absolute atomic E-state index is 0.0155. The number of benzene rings is 3. The van der Waals surface area contributed by atoms with Crippen LogP contribution in [0.2, 0.25) is 0 Å². The minimum atomic E-state index is -1.29. The molecule has 0 bridgehead atoms. The number of nitrogens with zero attached hydrogens (tertiary/aromatic N) is 1. The van der Waals surface area contributed by atoms with E-state index >= 15 is 0 Å². The fraction of sp³-hybridized carbons (Fsp3) is 0.343. The highest BCUT2D eigenvalue weighted by Crippen LogP contribution is 2.29. The van der Waals surface area contributed by atoms with Gasteiger partial charge in [0.05, 0.1) is 0 Å². The monoisotopic (exact) mass is 635 g/mol. The highest BCUT2D eigenvalue weighted by molar-refractivity contribution is 5.95. The Labute approximate surface area is 268 Å². The molecule has 0 radical (unpaired) electrons. The van der Waals surface area contributed by atoms with E-state index in [0.717, 1.165) is 16.7 Å². The van der Waals surface area contributed by atoms with Crippen LogP contribution in [0.3, 0.4) is 0 Å². The van der Waals surface area contributed by atoms with Crippen LogP contribution in [0.1, 0.15) is 49.3 Å². The molecule has 0 spiro atoms. The molecule has 1 aliphatic heterocycles. The van der Waals surface area contributed by atoms with Crippen LogP contribution in [-0.4, -0.2) is 59.4 Å². The predicted molar refractivity (Wildman–Crippen MR) is 168 cm³/mol. The third-order valence-corrected chi connectivity index (χ3v) is 7.72. The summed E-state index contributed by atoms with van der Waals surface area (Å²) in [4.78, 5) is 66.1. The quantitative estimate of drug-likeness (QED) is 0.117. The Morgan fingerprint density at radius 2 is 1.28 bits per heavy atom. The molecule has 1 heterocycles. The number of rotatable bonds is 14. The molecule has 4 rings (SSSR count). The second-order valence-corrected chi connectivity index (χ2v) is 11.1. The second kappa shape index (κ2) is 16.8. The highest BCUT2D eigenvalue weighted by Gasteiger charge is 2.46. The summed E-state index contributed by atoms with van der Waals surface area (Å²) in [5.74, 6) is -2.28. The predicted octanol–water partition coefficient (Wildman–Crippen LogP) is 4.05. The number of carbonyl (C=O) groups excluding carboxylic acids is 5. The summed E-state index contributed by atoms with van der Waals surface area (Å²) in [7, 11) is 0. The molecule has 11 nitrogen and oxygen atoms in total. The van der Waals surface area contributed by atoms with Crippen molar-refractivity contribution in [1.29, 1.82) is 0 Å². The highest BCUT2D eigenvalue weighted by atomic mass is 16.6. The average Bonchev–Trinajstić information content (AvgIpc) is 3.50. The number of hydrogen-bond donors (Lipinski definition) is 2. The smallest absolute Gasteiger partial charge is 0.407 e. The lowest BCUT2D eigenvalue weighted by Crippen LogP contribution is -2.59. The first-order valence-corrected chi connectivity index (χ1v) is 15.2. The van der Waals surface area contributed by atoms with E-state index in [4.69, 9.17) is 14.2 Å². The minimum Gasteiger partial charge on any atom is -0.461 e. The van der Waals surface area contributed by atoms with E-state index in [0.29, 0.717) is 19.4 Å². The van der Waals surface area contributed by atoms with Crippen LogP contribution in [0.25, 0.3) is 0 Å². The summed E-state index contributed by atoms with van der Waals surface area (Å²) in [5, 5.41) is 5.17. The van der Waals surface area contributed by atoms with E-state index < -0.39 is 41.4 Å². The molecule has 242 valence electrons. The number of amides is 3. The molecule has 2 N–H and O–H groups in total. The average molecular weight is 636 g/mol. The van der Waals surface area contributed by atoms with Gasteiger partial charge in [-0.3, -0.25) is 14.4 Å². The number of nitrogens with one attached hydrogen (secondary N) is 2. The first-order chi connectivity index (χ1) is 22.2. The Morgan fingerprint density at radius 3 is 1.85 bits per heavy atom. The van der Waals surface area contributed by atoms with Gasteiger partial charge in [0.1, 0.15) is 37.9 Å². The van der Waals surface area contributed by atoms with Crippen molar-refractivity contribution < 1.29 is 38.2 Å². The van der Waals surface area contributed by atoms with Gasteiger partial charge in [-0.2, -0.15) is 0 Å². The van der Waals surface area contributed by atoms with Gasteiger partial charge in [0, 0.05) is 13.0 Å². The lowest BCUT2D eigenvalue weighted by Gasteiger charge is -2.35. The van der Waals surface area contributed by atoms with Gasteiger partial charge < -0.3 is 29.7 Å². The molecule has 1 saturated heterocycles. The Bertz CT molecular complexity index is 1470. The topological polar surface area (TPSA) is 140 Å². The van der Waals surface area contributed by atoms with E-state index in [1.165, 1.54) is 4.90 Å². The van der Waals surface area contributed by atoms with Crippen LogP contribution in [0.5, 0.6) is 0 Å². The molecule has 2 atom stereocenters. The lowest BCUT2D eigenvalue weighted by molar-refractivity contribution is -0.152. The molecular weight excluding hydrogens is 596 g/mol. The van der Waals surface area contributed by atoms with Crippen molar-refractivity contribution in [2.75, 3.05) is 13.1 Å². The zero-order valence-electron chi connectivity index (χ0n) is 25.8. The van der Waals surface area contributed by atoms with E-state index in [1.807, 2.05) is 78.9 Å². The molecule has 1 fully saturated rings.